The Bertz CT molecular complexity index is 1410. The van der Waals surface area contributed by atoms with Crippen LogP contribution >= 0.6 is 11.3 Å². The molecule has 3 heterocycles. The molecule has 4 aromatic rings. The number of hydrogen-bond donors (Lipinski definition) is 0. The Labute approximate surface area is 178 Å². The second kappa shape index (κ2) is 7.03. The minimum absolute atomic E-state index is 0.113. The fourth-order valence-electron chi connectivity index (χ4n) is 3.73. The molecule has 0 N–H and O–H groups in total. The number of fused-ring (bicyclic) bond motifs is 2. The number of nitro groups is 1. The fourth-order valence-corrected chi connectivity index (χ4v) is 4.40. The Hall–Kier alpha value is -4.05. The van der Waals surface area contributed by atoms with Crippen LogP contribution in [0, 0.1) is 10.1 Å². The molecule has 1 amide bonds. The lowest BCUT2D eigenvalue weighted by atomic mass is 9.98. The summed E-state index contributed by atoms with van der Waals surface area (Å²) in [7, 11) is 1.49. The molecule has 0 bridgehead atoms. The Morgan fingerprint density at radius 1 is 1.23 bits per heavy atom. The van der Waals surface area contributed by atoms with Gasteiger partial charge in [0.25, 0.3) is 11.6 Å². The first-order valence-electron chi connectivity index (χ1n) is 9.11. The largest absolute Gasteiger partial charge is 0.497 e. The molecule has 31 heavy (non-hydrogen) atoms. The van der Waals surface area contributed by atoms with Crippen molar-refractivity contribution < 1.29 is 18.9 Å². The number of nitrogens with zero attached hydrogens (tertiary/aromatic N) is 3. The van der Waals surface area contributed by atoms with Crippen LogP contribution in [0.4, 0.5) is 10.8 Å². The van der Waals surface area contributed by atoms with Crippen molar-refractivity contribution in [3.63, 3.8) is 0 Å². The molecule has 0 radical (unpaired) electrons. The van der Waals surface area contributed by atoms with Crippen LogP contribution in [0.5, 0.6) is 5.75 Å². The quantitative estimate of drug-likeness (QED) is 0.352. The van der Waals surface area contributed by atoms with Gasteiger partial charge in [-0.05, 0) is 17.7 Å². The lowest BCUT2D eigenvalue weighted by Gasteiger charge is -2.22. The molecule has 5 rings (SSSR count). The van der Waals surface area contributed by atoms with E-state index in [1.54, 1.807) is 29.6 Å². The van der Waals surface area contributed by atoms with E-state index in [1.807, 2.05) is 0 Å². The van der Waals surface area contributed by atoms with Gasteiger partial charge in [0, 0.05) is 29.8 Å². The number of ether oxygens (including phenoxy) is 1. The average molecular weight is 435 g/mol. The standard InChI is InChI=1S/C21H13N3O6S/c1-29-13-5-6-14-15(10-13)30-19-16(18(14)25)17(11-3-2-4-12(9-11)24(27)28)23(20(19)26)21-22-7-8-31-21/h2-10,17H,1H3/t17-/m1/s1. The van der Waals surface area contributed by atoms with Crippen molar-refractivity contribution in [2.75, 3.05) is 12.0 Å². The minimum atomic E-state index is -0.906. The monoisotopic (exact) mass is 435 g/mol. The number of non-ortho nitro benzene ring substituents is 1. The summed E-state index contributed by atoms with van der Waals surface area (Å²) in [5, 5.41) is 13.7. The van der Waals surface area contributed by atoms with Crippen LogP contribution < -0.4 is 15.1 Å². The lowest BCUT2D eigenvalue weighted by Crippen LogP contribution is -2.29. The molecular formula is C21H13N3O6S. The number of aromatic nitrogens is 1. The Morgan fingerprint density at radius 3 is 2.77 bits per heavy atom. The molecular weight excluding hydrogens is 422 g/mol. The van der Waals surface area contributed by atoms with Crippen molar-refractivity contribution in [2.24, 2.45) is 0 Å². The maximum atomic E-state index is 13.5. The maximum Gasteiger partial charge on any atom is 0.297 e. The molecule has 1 aliphatic heterocycles. The predicted octanol–water partition coefficient (Wildman–Crippen LogP) is 3.92. The minimum Gasteiger partial charge on any atom is -0.497 e. The second-order valence-corrected chi connectivity index (χ2v) is 7.65. The molecule has 0 saturated carbocycles. The van der Waals surface area contributed by atoms with E-state index in [0.717, 1.165) is 0 Å². The molecule has 1 atom stereocenters. The molecule has 0 aliphatic carbocycles. The zero-order valence-corrected chi connectivity index (χ0v) is 16.8. The van der Waals surface area contributed by atoms with Gasteiger partial charge in [-0.1, -0.05) is 12.1 Å². The number of rotatable bonds is 4. The van der Waals surface area contributed by atoms with Crippen molar-refractivity contribution in [3.8, 4) is 5.75 Å². The third-order valence-corrected chi connectivity index (χ3v) is 5.87. The van der Waals surface area contributed by atoms with Gasteiger partial charge in [0.1, 0.15) is 11.3 Å². The highest BCUT2D eigenvalue weighted by Crippen LogP contribution is 2.42. The number of amides is 1. The number of anilines is 1. The van der Waals surface area contributed by atoms with Gasteiger partial charge in [-0.2, -0.15) is 0 Å². The van der Waals surface area contributed by atoms with Crippen LogP contribution in [0.1, 0.15) is 27.7 Å². The lowest BCUT2D eigenvalue weighted by molar-refractivity contribution is -0.384. The van der Waals surface area contributed by atoms with Crippen molar-refractivity contribution in [1.82, 2.24) is 4.98 Å². The number of carbonyl (C=O) groups excluding carboxylic acids is 1. The third-order valence-electron chi connectivity index (χ3n) is 5.10. The molecule has 9 nitrogen and oxygen atoms in total. The molecule has 10 heteroatoms. The van der Waals surface area contributed by atoms with Crippen molar-refractivity contribution in [1.29, 1.82) is 0 Å². The highest BCUT2D eigenvalue weighted by Gasteiger charge is 2.45. The topological polar surface area (TPSA) is 116 Å². The highest BCUT2D eigenvalue weighted by molar-refractivity contribution is 7.13. The molecule has 2 aromatic heterocycles. The predicted molar refractivity (Wildman–Crippen MR) is 113 cm³/mol. The summed E-state index contributed by atoms with van der Waals surface area (Å²) in [6, 6.07) is 9.69. The molecule has 0 spiro atoms. The molecule has 1 aliphatic rings. The van der Waals surface area contributed by atoms with Gasteiger partial charge in [-0.3, -0.25) is 24.6 Å². The average Bonchev–Trinajstić information content (AvgIpc) is 3.40. The number of thiazole rings is 1. The van der Waals surface area contributed by atoms with E-state index < -0.39 is 16.9 Å². The number of benzene rings is 2. The summed E-state index contributed by atoms with van der Waals surface area (Å²) in [5.41, 5.74) is 0.223. The summed E-state index contributed by atoms with van der Waals surface area (Å²) in [6.45, 7) is 0. The third kappa shape index (κ3) is 2.88. The second-order valence-electron chi connectivity index (χ2n) is 6.78. The van der Waals surface area contributed by atoms with E-state index in [2.05, 4.69) is 4.98 Å². The summed E-state index contributed by atoms with van der Waals surface area (Å²) in [4.78, 5) is 43.1. The fraction of sp³-hybridized carbons (Fsp3) is 0.0952. The molecule has 2 aromatic carbocycles. The Morgan fingerprint density at radius 2 is 2.06 bits per heavy atom. The van der Waals surface area contributed by atoms with E-state index in [0.29, 0.717) is 16.4 Å². The first-order valence-corrected chi connectivity index (χ1v) is 9.99. The van der Waals surface area contributed by atoms with E-state index in [1.165, 1.54) is 47.7 Å². The molecule has 0 saturated heterocycles. The summed E-state index contributed by atoms with van der Waals surface area (Å²) in [5.74, 6) is -0.172. The maximum absolute atomic E-state index is 13.5. The van der Waals surface area contributed by atoms with Crippen LogP contribution in [-0.4, -0.2) is 22.9 Å². The number of methoxy groups -OCH3 is 1. The van der Waals surface area contributed by atoms with Gasteiger partial charge in [0.05, 0.1) is 29.0 Å². The first-order chi connectivity index (χ1) is 15.0. The van der Waals surface area contributed by atoms with Gasteiger partial charge in [-0.15, -0.1) is 11.3 Å². The summed E-state index contributed by atoms with van der Waals surface area (Å²) >= 11 is 1.22. The van der Waals surface area contributed by atoms with E-state index in [9.17, 15) is 19.7 Å². The van der Waals surface area contributed by atoms with Crippen LogP contribution in [0.2, 0.25) is 0 Å². The Kier molecular flexibility index (Phi) is 4.29. The van der Waals surface area contributed by atoms with Crippen LogP contribution in [-0.2, 0) is 0 Å². The molecule has 154 valence electrons. The van der Waals surface area contributed by atoms with Crippen LogP contribution in [0.25, 0.3) is 11.0 Å². The van der Waals surface area contributed by atoms with E-state index in [4.69, 9.17) is 9.15 Å². The molecule has 0 unspecified atom stereocenters. The summed E-state index contributed by atoms with van der Waals surface area (Å²) in [6.07, 6.45) is 1.54. The number of hydrogen-bond acceptors (Lipinski definition) is 8. The van der Waals surface area contributed by atoms with Crippen molar-refractivity contribution >= 4 is 39.0 Å². The van der Waals surface area contributed by atoms with E-state index >= 15 is 0 Å². The number of nitro benzene ring substituents is 1. The van der Waals surface area contributed by atoms with Gasteiger partial charge >= 0.3 is 0 Å². The Balaban J connectivity index is 1.81. The zero-order chi connectivity index (χ0) is 21.7. The van der Waals surface area contributed by atoms with Crippen LogP contribution in [0.15, 0.2) is 63.3 Å². The SMILES string of the molecule is COc1ccc2c(=O)c3c(oc2c1)C(=O)N(c1nccs1)[C@@H]3c1cccc([N+](=O)[O-])c1. The zero-order valence-electron chi connectivity index (χ0n) is 16.0. The van der Waals surface area contributed by atoms with E-state index in [-0.39, 0.29) is 33.4 Å². The van der Waals surface area contributed by atoms with Gasteiger partial charge in [0.15, 0.2) is 10.6 Å². The van der Waals surface area contributed by atoms with Crippen molar-refractivity contribution in [3.05, 3.63) is 91.3 Å². The smallest absolute Gasteiger partial charge is 0.297 e. The normalized spacial score (nSPS) is 15.3. The molecule has 0 fully saturated rings. The highest BCUT2D eigenvalue weighted by atomic mass is 32.1. The van der Waals surface area contributed by atoms with Gasteiger partial charge in [0.2, 0.25) is 5.76 Å². The van der Waals surface area contributed by atoms with Crippen molar-refractivity contribution in [2.45, 2.75) is 6.04 Å². The van der Waals surface area contributed by atoms with Gasteiger partial charge < -0.3 is 9.15 Å². The van der Waals surface area contributed by atoms with Crippen LogP contribution in [0.3, 0.4) is 0 Å². The number of carbonyl (C=O) groups is 1. The summed E-state index contributed by atoms with van der Waals surface area (Å²) < 4.78 is 11.1. The van der Waals surface area contributed by atoms with Gasteiger partial charge in [-0.25, -0.2) is 4.98 Å². The first kappa shape index (κ1) is 18.9.